The Bertz CT molecular complexity index is 820. The first kappa shape index (κ1) is 17.3. The number of nitrogens with two attached hydrogens (primary N) is 1. The summed E-state index contributed by atoms with van der Waals surface area (Å²) in [6.45, 7) is 0. The van der Waals surface area contributed by atoms with Crippen LogP contribution in [0.4, 0.5) is 5.69 Å². The lowest BCUT2D eigenvalue weighted by Gasteiger charge is -2.10. The van der Waals surface area contributed by atoms with Crippen LogP contribution in [-0.4, -0.2) is 21.4 Å². The Morgan fingerprint density at radius 3 is 2.43 bits per heavy atom. The zero-order chi connectivity index (χ0) is 17.0. The molecule has 23 heavy (non-hydrogen) atoms. The molecule has 6 nitrogen and oxygen atoms in total. The van der Waals surface area contributed by atoms with Crippen LogP contribution in [0.25, 0.3) is 0 Å². The van der Waals surface area contributed by atoms with E-state index < -0.39 is 10.0 Å². The SMILES string of the molecule is COc1ccc(Cl)cc1NC(=O)Cc1ccc(S(N)(=O)=O)cc1. The number of ether oxygens (including phenoxy) is 1. The zero-order valence-electron chi connectivity index (χ0n) is 12.2. The summed E-state index contributed by atoms with van der Waals surface area (Å²) in [6.07, 6.45) is 0.0700. The number of rotatable bonds is 5. The van der Waals surface area contributed by atoms with E-state index in [0.717, 1.165) is 0 Å². The Morgan fingerprint density at radius 1 is 1.22 bits per heavy atom. The van der Waals surface area contributed by atoms with E-state index in [9.17, 15) is 13.2 Å². The summed E-state index contributed by atoms with van der Waals surface area (Å²) in [4.78, 5) is 12.1. The van der Waals surface area contributed by atoms with Gasteiger partial charge in [-0.05, 0) is 35.9 Å². The van der Waals surface area contributed by atoms with E-state index in [2.05, 4.69) is 5.32 Å². The minimum absolute atomic E-state index is 0.00170. The number of anilines is 1. The average Bonchev–Trinajstić information content (AvgIpc) is 2.47. The number of hydrogen-bond donors (Lipinski definition) is 2. The van der Waals surface area contributed by atoms with Gasteiger partial charge in [0.1, 0.15) is 5.75 Å². The number of methoxy groups -OCH3 is 1. The van der Waals surface area contributed by atoms with E-state index in [4.69, 9.17) is 21.5 Å². The average molecular weight is 355 g/mol. The van der Waals surface area contributed by atoms with Gasteiger partial charge in [0.15, 0.2) is 0 Å². The molecule has 0 atom stereocenters. The van der Waals surface area contributed by atoms with Crippen LogP contribution in [-0.2, 0) is 21.2 Å². The van der Waals surface area contributed by atoms with Gasteiger partial charge in [-0.3, -0.25) is 4.79 Å². The predicted molar refractivity (Wildman–Crippen MR) is 88.2 cm³/mol. The molecule has 2 rings (SSSR count). The summed E-state index contributed by atoms with van der Waals surface area (Å²) < 4.78 is 27.5. The van der Waals surface area contributed by atoms with Crippen molar-refractivity contribution in [3.05, 3.63) is 53.1 Å². The Balaban J connectivity index is 2.10. The van der Waals surface area contributed by atoms with Crippen molar-refractivity contribution in [2.24, 2.45) is 5.14 Å². The number of benzene rings is 2. The number of sulfonamides is 1. The Kier molecular flexibility index (Phi) is 5.25. The number of halogens is 1. The van der Waals surface area contributed by atoms with Crippen LogP contribution in [0.5, 0.6) is 5.75 Å². The largest absolute Gasteiger partial charge is 0.495 e. The summed E-state index contributed by atoms with van der Waals surface area (Å²) in [6, 6.07) is 10.7. The molecule has 8 heteroatoms. The molecule has 2 aromatic carbocycles. The van der Waals surface area contributed by atoms with E-state index in [1.165, 1.54) is 31.4 Å². The van der Waals surface area contributed by atoms with Crippen molar-refractivity contribution in [2.75, 3.05) is 12.4 Å². The van der Waals surface area contributed by atoms with Crippen LogP contribution in [0.3, 0.4) is 0 Å². The molecule has 0 radical (unpaired) electrons. The Hall–Kier alpha value is -2.09. The highest BCUT2D eigenvalue weighted by Crippen LogP contribution is 2.27. The maximum Gasteiger partial charge on any atom is 0.238 e. The van der Waals surface area contributed by atoms with Crippen LogP contribution in [0.15, 0.2) is 47.4 Å². The lowest BCUT2D eigenvalue weighted by atomic mass is 10.1. The summed E-state index contributed by atoms with van der Waals surface area (Å²) in [5, 5.41) is 8.20. The molecule has 0 spiro atoms. The molecule has 0 saturated heterocycles. The third-order valence-corrected chi connectivity index (χ3v) is 4.22. The summed E-state index contributed by atoms with van der Waals surface area (Å²) in [5.74, 6) is 0.209. The molecule has 2 aromatic rings. The van der Waals surface area contributed by atoms with Crippen molar-refractivity contribution in [3.8, 4) is 5.75 Å². The maximum atomic E-state index is 12.1. The van der Waals surface area contributed by atoms with E-state index in [0.29, 0.717) is 22.0 Å². The first-order chi connectivity index (χ1) is 10.8. The number of carbonyl (C=O) groups excluding carboxylic acids is 1. The second-order valence-corrected chi connectivity index (χ2v) is 6.76. The molecule has 0 unspecified atom stereocenters. The zero-order valence-corrected chi connectivity index (χ0v) is 13.8. The van der Waals surface area contributed by atoms with Crippen molar-refractivity contribution in [2.45, 2.75) is 11.3 Å². The maximum absolute atomic E-state index is 12.1. The van der Waals surface area contributed by atoms with Crippen LogP contribution < -0.4 is 15.2 Å². The summed E-state index contributed by atoms with van der Waals surface area (Å²) >= 11 is 5.90. The van der Waals surface area contributed by atoms with Crippen molar-refractivity contribution in [1.29, 1.82) is 0 Å². The van der Waals surface area contributed by atoms with Gasteiger partial charge in [0, 0.05) is 5.02 Å². The van der Waals surface area contributed by atoms with E-state index in [1.807, 2.05) is 0 Å². The van der Waals surface area contributed by atoms with Gasteiger partial charge in [-0.1, -0.05) is 23.7 Å². The molecule has 3 N–H and O–H groups in total. The molecule has 0 saturated carbocycles. The fourth-order valence-electron chi connectivity index (χ4n) is 1.95. The first-order valence-electron chi connectivity index (χ1n) is 6.55. The number of nitrogens with one attached hydrogen (secondary N) is 1. The number of carbonyl (C=O) groups is 1. The van der Waals surface area contributed by atoms with Gasteiger partial charge in [-0.15, -0.1) is 0 Å². The van der Waals surface area contributed by atoms with Gasteiger partial charge in [0.25, 0.3) is 0 Å². The van der Waals surface area contributed by atoms with Gasteiger partial charge < -0.3 is 10.1 Å². The van der Waals surface area contributed by atoms with Crippen molar-refractivity contribution in [3.63, 3.8) is 0 Å². The monoisotopic (exact) mass is 354 g/mol. The molecular formula is C15H15ClN2O4S. The molecule has 122 valence electrons. The van der Waals surface area contributed by atoms with Gasteiger partial charge in [-0.25, -0.2) is 13.6 Å². The molecule has 0 aliphatic rings. The van der Waals surface area contributed by atoms with Crippen LogP contribution >= 0.6 is 11.6 Å². The molecule has 1 amide bonds. The van der Waals surface area contributed by atoms with Crippen LogP contribution in [0.2, 0.25) is 5.02 Å². The molecule has 0 aliphatic carbocycles. The number of amides is 1. The van der Waals surface area contributed by atoms with Crippen LogP contribution in [0.1, 0.15) is 5.56 Å². The normalized spacial score (nSPS) is 11.1. The van der Waals surface area contributed by atoms with E-state index >= 15 is 0 Å². The summed E-state index contributed by atoms with van der Waals surface area (Å²) in [7, 11) is -2.25. The molecule has 0 fully saturated rings. The smallest absolute Gasteiger partial charge is 0.238 e. The van der Waals surface area contributed by atoms with E-state index in [-0.39, 0.29) is 17.2 Å². The highest BCUT2D eigenvalue weighted by Gasteiger charge is 2.11. The molecule has 0 bridgehead atoms. The summed E-state index contributed by atoms with van der Waals surface area (Å²) in [5.41, 5.74) is 1.11. The minimum atomic E-state index is -3.74. The highest BCUT2D eigenvalue weighted by atomic mass is 35.5. The lowest BCUT2D eigenvalue weighted by molar-refractivity contribution is -0.115. The fourth-order valence-corrected chi connectivity index (χ4v) is 2.64. The predicted octanol–water partition coefficient (Wildman–Crippen LogP) is 2.18. The second kappa shape index (κ2) is 6.99. The van der Waals surface area contributed by atoms with Gasteiger partial charge in [0.05, 0.1) is 24.1 Å². The second-order valence-electron chi connectivity index (χ2n) is 4.76. The van der Waals surface area contributed by atoms with E-state index in [1.54, 1.807) is 18.2 Å². The Morgan fingerprint density at radius 2 is 1.87 bits per heavy atom. The van der Waals surface area contributed by atoms with Crippen LogP contribution in [0, 0.1) is 0 Å². The van der Waals surface area contributed by atoms with Gasteiger partial charge in [-0.2, -0.15) is 0 Å². The van der Waals surface area contributed by atoms with Gasteiger partial charge in [0.2, 0.25) is 15.9 Å². The lowest BCUT2D eigenvalue weighted by Crippen LogP contribution is -2.15. The third kappa shape index (κ3) is 4.69. The standard InChI is InChI=1S/C15H15ClN2O4S/c1-22-14-7-4-11(16)9-13(14)18-15(19)8-10-2-5-12(6-3-10)23(17,20)21/h2-7,9H,8H2,1H3,(H,18,19)(H2,17,20,21). The van der Waals surface area contributed by atoms with Crippen molar-refractivity contribution in [1.82, 2.24) is 0 Å². The highest BCUT2D eigenvalue weighted by molar-refractivity contribution is 7.89. The topological polar surface area (TPSA) is 98.5 Å². The fraction of sp³-hybridized carbons (Fsp3) is 0.133. The third-order valence-electron chi connectivity index (χ3n) is 3.05. The molecule has 0 aliphatic heterocycles. The first-order valence-corrected chi connectivity index (χ1v) is 8.47. The van der Waals surface area contributed by atoms with Gasteiger partial charge >= 0.3 is 0 Å². The molecular weight excluding hydrogens is 340 g/mol. The number of hydrogen-bond acceptors (Lipinski definition) is 4. The quantitative estimate of drug-likeness (QED) is 0.859. The minimum Gasteiger partial charge on any atom is -0.495 e. The van der Waals surface area contributed by atoms with Crippen molar-refractivity contribution >= 4 is 33.2 Å². The van der Waals surface area contributed by atoms with Crippen molar-refractivity contribution < 1.29 is 17.9 Å². The Labute approximate surface area is 139 Å². The molecule has 0 aromatic heterocycles. The number of primary sulfonamides is 1. The molecule has 0 heterocycles.